The zero-order valence-corrected chi connectivity index (χ0v) is 12.1. The molecule has 1 aliphatic rings. The average molecular weight is 319 g/mol. The minimum atomic E-state index is -1.04. The summed E-state index contributed by atoms with van der Waals surface area (Å²) in [4.78, 5) is 28.0. The van der Waals surface area contributed by atoms with Crippen LogP contribution in [0.25, 0.3) is 0 Å². The number of rotatable bonds is 4. The number of nitrogens with zero attached hydrogens (tertiary/aromatic N) is 2. The highest BCUT2D eigenvalue weighted by molar-refractivity contribution is 6.35. The van der Waals surface area contributed by atoms with E-state index in [1.54, 1.807) is 6.92 Å². The fourth-order valence-corrected chi connectivity index (χ4v) is 2.32. The van der Waals surface area contributed by atoms with E-state index in [1.807, 2.05) is 0 Å². The van der Waals surface area contributed by atoms with Gasteiger partial charge in [-0.2, -0.15) is 0 Å². The average Bonchev–Trinajstić information content (AvgIpc) is 2.35. The molecular formula is C12H12Cl2N2O4. The number of halogens is 2. The molecule has 0 unspecified atom stereocenters. The molecule has 1 aromatic heterocycles. The van der Waals surface area contributed by atoms with Gasteiger partial charge in [-0.3, -0.25) is 4.79 Å². The normalized spacial score (nSPS) is 16.6. The molecule has 1 aromatic rings. The highest BCUT2D eigenvalue weighted by atomic mass is 35.5. The van der Waals surface area contributed by atoms with Gasteiger partial charge < -0.3 is 14.7 Å². The van der Waals surface area contributed by atoms with E-state index in [0.717, 1.165) is 0 Å². The van der Waals surface area contributed by atoms with Gasteiger partial charge in [0.15, 0.2) is 0 Å². The van der Waals surface area contributed by atoms with Gasteiger partial charge in [-0.1, -0.05) is 23.2 Å². The first-order valence-corrected chi connectivity index (χ1v) is 6.52. The number of ether oxygens (including phenoxy) is 1. The number of hydrogen-bond donors (Lipinski definition) is 1. The maximum atomic E-state index is 12.2. The Labute approximate surface area is 125 Å². The Hall–Kier alpha value is -1.37. The van der Waals surface area contributed by atoms with Crippen molar-refractivity contribution in [2.24, 2.45) is 0 Å². The molecule has 1 amide bonds. The maximum absolute atomic E-state index is 12.2. The van der Waals surface area contributed by atoms with Gasteiger partial charge in [-0.15, -0.1) is 0 Å². The van der Waals surface area contributed by atoms with Crippen LogP contribution in [0, 0.1) is 0 Å². The molecule has 1 N–H and O–H groups in total. The van der Waals surface area contributed by atoms with Gasteiger partial charge in [-0.05, 0) is 13.0 Å². The molecule has 8 heteroatoms. The van der Waals surface area contributed by atoms with Gasteiger partial charge in [-0.25, -0.2) is 9.78 Å². The first kappa shape index (κ1) is 15.0. The lowest BCUT2D eigenvalue weighted by atomic mass is 9.95. The van der Waals surface area contributed by atoms with Crippen molar-refractivity contribution in [3.8, 4) is 0 Å². The van der Waals surface area contributed by atoms with E-state index in [1.165, 1.54) is 17.2 Å². The second kappa shape index (κ2) is 5.55. The first-order valence-electron chi connectivity index (χ1n) is 5.77. The van der Waals surface area contributed by atoms with Gasteiger partial charge in [0.2, 0.25) is 0 Å². The molecule has 0 bridgehead atoms. The molecule has 108 valence electrons. The van der Waals surface area contributed by atoms with Crippen molar-refractivity contribution in [2.75, 3.05) is 19.7 Å². The van der Waals surface area contributed by atoms with Gasteiger partial charge in [0, 0.05) is 6.20 Å². The summed E-state index contributed by atoms with van der Waals surface area (Å²) >= 11 is 11.6. The minimum Gasteiger partial charge on any atom is -0.480 e. The molecule has 2 heterocycles. The lowest BCUT2D eigenvalue weighted by Crippen LogP contribution is -2.63. The van der Waals surface area contributed by atoms with Crippen LogP contribution in [0.4, 0.5) is 0 Å². The smallest absolute Gasteiger partial charge is 0.329 e. The molecular weight excluding hydrogens is 307 g/mol. The topological polar surface area (TPSA) is 79.7 Å². The molecule has 0 aromatic carbocycles. The second-order valence-electron chi connectivity index (χ2n) is 4.78. The summed E-state index contributed by atoms with van der Waals surface area (Å²) in [5.74, 6) is -1.32. The summed E-state index contributed by atoms with van der Waals surface area (Å²) in [6.07, 6.45) is 1.32. The monoisotopic (exact) mass is 318 g/mol. The van der Waals surface area contributed by atoms with E-state index in [2.05, 4.69) is 4.98 Å². The molecule has 1 saturated heterocycles. The molecule has 20 heavy (non-hydrogen) atoms. The van der Waals surface area contributed by atoms with Crippen molar-refractivity contribution in [2.45, 2.75) is 12.5 Å². The highest BCUT2D eigenvalue weighted by Gasteiger charge is 2.43. The lowest BCUT2D eigenvalue weighted by molar-refractivity contribution is -0.159. The van der Waals surface area contributed by atoms with Crippen LogP contribution in [0.15, 0.2) is 12.3 Å². The number of carbonyl (C=O) groups excluding carboxylic acids is 1. The van der Waals surface area contributed by atoms with Gasteiger partial charge >= 0.3 is 5.97 Å². The summed E-state index contributed by atoms with van der Waals surface area (Å²) in [7, 11) is 0. The summed E-state index contributed by atoms with van der Waals surface area (Å²) in [6.45, 7) is 1.96. The molecule has 0 radical (unpaired) electrons. The SMILES string of the molecule is CC1(OCC(=O)O)CN(C(=O)c2cc(Cl)ncc2Cl)C1. The largest absolute Gasteiger partial charge is 0.480 e. The van der Waals surface area contributed by atoms with Crippen molar-refractivity contribution < 1.29 is 19.4 Å². The molecule has 0 atom stereocenters. The number of carboxylic acid groups (broad SMARTS) is 1. The van der Waals surface area contributed by atoms with Crippen LogP contribution in [0.5, 0.6) is 0 Å². The summed E-state index contributed by atoms with van der Waals surface area (Å²) < 4.78 is 5.23. The zero-order chi connectivity index (χ0) is 14.9. The Morgan fingerprint density at radius 3 is 2.75 bits per heavy atom. The third-order valence-electron chi connectivity index (χ3n) is 2.93. The van der Waals surface area contributed by atoms with Crippen LogP contribution in [-0.4, -0.2) is 52.2 Å². The first-order chi connectivity index (χ1) is 9.31. The third-order valence-corrected chi connectivity index (χ3v) is 3.44. The number of aliphatic carboxylic acids is 1. The number of aromatic nitrogens is 1. The molecule has 0 spiro atoms. The van der Waals surface area contributed by atoms with Gasteiger partial charge in [0.05, 0.1) is 23.7 Å². The summed E-state index contributed by atoms with van der Waals surface area (Å²) in [5.41, 5.74) is -0.371. The second-order valence-corrected chi connectivity index (χ2v) is 5.57. The number of pyridine rings is 1. The van der Waals surface area contributed by atoms with Crippen LogP contribution in [0.3, 0.4) is 0 Å². The fourth-order valence-electron chi connectivity index (χ4n) is 1.98. The van der Waals surface area contributed by atoms with Crippen molar-refractivity contribution in [1.29, 1.82) is 0 Å². The predicted octanol–water partition coefficient (Wildman–Crippen LogP) is 1.70. The van der Waals surface area contributed by atoms with Crippen LogP contribution >= 0.6 is 23.2 Å². The van der Waals surface area contributed by atoms with Crippen molar-refractivity contribution in [3.05, 3.63) is 28.0 Å². The Morgan fingerprint density at radius 1 is 1.50 bits per heavy atom. The van der Waals surface area contributed by atoms with Crippen molar-refractivity contribution in [3.63, 3.8) is 0 Å². The van der Waals surface area contributed by atoms with Crippen LogP contribution in [0.2, 0.25) is 10.2 Å². The van der Waals surface area contributed by atoms with E-state index in [-0.39, 0.29) is 28.3 Å². The van der Waals surface area contributed by atoms with Crippen LogP contribution in [-0.2, 0) is 9.53 Å². The van der Waals surface area contributed by atoms with Crippen LogP contribution < -0.4 is 0 Å². The van der Waals surface area contributed by atoms with Crippen molar-refractivity contribution >= 4 is 35.1 Å². The Bertz CT molecular complexity index is 558. The number of carboxylic acids is 1. The molecule has 6 nitrogen and oxygen atoms in total. The van der Waals surface area contributed by atoms with Gasteiger partial charge in [0.25, 0.3) is 5.91 Å². The lowest BCUT2D eigenvalue weighted by Gasteiger charge is -2.47. The van der Waals surface area contributed by atoms with E-state index in [0.29, 0.717) is 13.1 Å². The zero-order valence-electron chi connectivity index (χ0n) is 10.6. The number of amides is 1. The summed E-state index contributed by atoms with van der Waals surface area (Å²) in [6, 6.07) is 1.40. The summed E-state index contributed by atoms with van der Waals surface area (Å²) in [5, 5.41) is 8.98. The van der Waals surface area contributed by atoms with Crippen molar-refractivity contribution in [1.82, 2.24) is 9.88 Å². The van der Waals surface area contributed by atoms with E-state index in [9.17, 15) is 9.59 Å². The van der Waals surface area contributed by atoms with Crippen LogP contribution in [0.1, 0.15) is 17.3 Å². The molecule has 1 fully saturated rings. The highest BCUT2D eigenvalue weighted by Crippen LogP contribution is 2.28. The van der Waals surface area contributed by atoms with Gasteiger partial charge in [0.1, 0.15) is 17.4 Å². The molecule has 2 rings (SSSR count). The van der Waals surface area contributed by atoms with E-state index < -0.39 is 11.6 Å². The Balaban J connectivity index is 2.00. The predicted molar refractivity (Wildman–Crippen MR) is 72.2 cm³/mol. The molecule has 1 aliphatic heterocycles. The minimum absolute atomic E-state index is 0.183. The Morgan fingerprint density at radius 2 is 2.15 bits per heavy atom. The number of hydrogen-bond acceptors (Lipinski definition) is 4. The Kier molecular flexibility index (Phi) is 4.17. The molecule has 0 aliphatic carbocycles. The maximum Gasteiger partial charge on any atom is 0.329 e. The fraction of sp³-hybridized carbons (Fsp3) is 0.417. The quantitative estimate of drug-likeness (QED) is 0.855. The van der Waals surface area contributed by atoms with E-state index >= 15 is 0 Å². The standard InChI is InChI=1S/C12H12Cl2N2O4/c1-12(20-4-10(17)18)5-16(6-12)11(19)7-2-9(14)15-3-8(7)13/h2-3H,4-6H2,1H3,(H,17,18). The number of carbonyl (C=O) groups is 2. The number of likely N-dealkylation sites (tertiary alicyclic amines) is 1. The molecule has 0 saturated carbocycles. The third kappa shape index (κ3) is 3.20. The van der Waals surface area contributed by atoms with E-state index in [4.69, 9.17) is 33.0 Å².